The van der Waals surface area contributed by atoms with Crippen LogP contribution in [0.15, 0.2) is 0 Å². The standard InChI is InChI=1S/C9H12O3/c1-9(2)11-7-5-3-4(5)6(10)8(7)12-9/h4-5,7-8H,3H2,1-2H3/t4-,5+,7-,8+/m1/s1. The van der Waals surface area contributed by atoms with Gasteiger partial charge in [0.25, 0.3) is 0 Å². The number of hydrogen-bond acceptors (Lipinski definition) is 3. The molecule has 0 aromatic heterocycles. The van der Waals surface area contributed by atoms with E-state index in [4.69, 9.17) is 9.47 Å². The van der Waals surface area contributed by atoms with Crippen LogP contribution in [0.4, 0.5) is 0 Å². The minimum Gasteiger partial charge on any atom is -0.344 e. The van der Waals surface area contributed by atoms with Gasteiger partial charge in [-0.25, -0.2) is 0 Å². The number of Topliss-reactive ketones (excluding diaryl/α,β-unsaturated/α-hetero) is 1. The van der Waals surface area contributed by atoms with Gasteiger partial charge in [-0.2, -0.15) is 0 Å². The van der Waals surface area contributed by atoms with Crippen LogP contribution in [-0.2, 0) is 14.3 Å². The third kappa shape index (κ3) is 0.709. The number of ether oxygens (including phenoxy) is 2. The van der Waals surface area contributed by atoms with Crippen LogP contribution in [0.3, 0.4) is 0 Å². The largest absolute Gasteiger partial charge is 0.344 e. The number of carbonyl (C=O) groups excluding carboxylic acids is 1. The topological polar surface area (TPSA) is 35.5 Å². The van der Waals surface area contributed by atoms with Crippen LogP contribution in [0.5, 0.6) is 0 Å². The first-order valence-corrected chi connectivity index (χ1v) is 4.48. The van der Waals surface area contributed by atoms with Crippen LogP contribution in [0, 0.1) is 11.8 Å². The maximum absolute atomic E-state index is 11.5. The Morgan fingerprint density at radius 2 is 2.17 bits per heavy atom. The molecule has 0 amide bonds. The normalized spacial score (nSPS) is 53.7. The predicted octanol–water partition coefficient (Wildman–Crippen LogP) is 0.725. The van der Waals surface area contributed by atoms with Crippen LogP contribution >= 0.6 is 0 Å². The summed E-state index contributed by atoms with van der Waals surface area (Å²) in [5, 5.41) is 0. The van der Waals surface area contributed by atoms with Gasteiger partial charge < -0.3 is 9.47 Å². The molecule has 2 aliphatic carbocycles. The molecule has 3 nitrogen and oxygen atoms in total. The average Bonchev–Trinajstić information content (AvgIpc) is 2.62. The molecule has 0 bridgehead atoms. The molecule has 0 unspecified atom stereocenters. The summed E-state index contributed by atoms with van der Waals surface area (Å²) in [6, 6.07) is 0. The van der Waals surface area contributed by atoms with E-state index in [-0.39, 0.29) is 23.9 Å². The summed E-state index contributed by atoms with van der Waals surface area (Å²) in [6.45, 7) is 3.74. The van der Waals surface area contributed by atoms with Gasteiger partial charge in [-0.05, 0) is 26.2 Å². The lowest BCUT2D eigenvalue weighted by atomic mass is 10.1. The first kappa shape index (κ1) is 7.04. The second-order valence-electron chi connectivity index (χ2n) is 4.43. The zero-order valence-electron chi connectivity index (χ0n) is 7.24. The quantitative estimate of drug-likeness (QED) is 0.534. The summed E-state index contributed by atoms with van der Waals surface area (Å²) in [5.74, 6) is 0.481. The van der Waals surface area contributed by atoms with Gasteiger partial charge in [-0.1, -0.05) is 0 Å². The lowest BCUT2D eigenvalue weighted by Crippen LogP contribution is -2.27. The summed E-state index contributed by atoms with van der Waals surface area (Å²) >= 11 is 0. The highest BCUT2D eigenvalue weighted by atomic mass is 16.8. The second-order valence-corrected chi connectivity index (χ2v) is 4.43. The molecule has 0 radical (unpaired) electrons. The SMILES string of the molecule is CC1(C)O[C@@H]2[C@H]3C[C@H]3C(=O)[C@@H]2O1. The Bertz CT molecular complexity index is 258. The zero-order chi connectivity index (χ0) is 8.51. The molecule has 12 heavy (non-hydrogen) atoms. The Labute approximate surface area is 71.0 Å². The van der Waals surface area contributed by atoms with Gasteiger partial charge in [0.05, 0.1) is 6.10 Å². The second kappa shape index (κ2) is 1.75. The minimum atomic E-state index is -0.543. The average molecular weight is 168 g/mol. The Balaban J connectivity index is 1.91. The third-order valence-corrected chi connectivity index (χ3v) is 3.04. The molecule has 3 heteroatoms. The van der Waals surface area contributed by atoms with Crippen molar-refractivity contribution in [3.05, 3.63) is 0 Å². The molecule has 1 saturated heterocycles. The van der Waals surface area contributed by atoms with Crippen molar-refractivity contribution in [2.45, 2.75) is 38.3 Å². The van der Waals surface area contributed by atoms with Crippen molar-refractivity contribution < 1.29 is 14.3 Å². The molecule has 4 atom stereocenters. The van der Waals surface area contributed by atoms with E-state index in [0.29, 0.717) is 5.92 Å². The van der Waals surface area contributed by atoms with Crippen LogP contribution in [0.2, 0.25) is 0 Å². The Morgan fingerprint density at radius 3 is 2.83 bits per heavy atom. The van der Waals surface area contributed by atoms with E-state index in [9.17, 15) is 4.79 Å². The molecule has 66 valence electrons. The predicted molar refractivity (Wildman–Crippen MR) is 40.4 cm³/mol. The molecule has 0 aromatic carbocycles. The van der Waals surface area contributed by atoms with Gasteiger partial charge in [0.15, 0.2) is 11.6 Å². The van der Waals surface area contributed by atoms with Gasteiger partial charge in [-0.3, -0.25) is 4.79 Å². The highest BCUT2D eigenvalue weighted by molar-refractivity contribution is 5.92. The van der Waals surface area contributed by atoms with Crippen LogP contribution < -0.4 is 0 Å². The van der Waals surface area contributed by atoms with E-state index in [2.05, 4.69) is 0 Å². The Morgan fingerprint density at radius 1 is 1.42 bits per heavy atom. The van der Waals surface area contributed by atoms with Crippen molar-refractivity contribution in [1.29, 1.82) is 0 Å². The molecule has 1 heterocycles. The zero-order valence-corrected chi connectivity index (χ0v) is 7.24. The summed E-state index contributed by atoms with van der Waals surface area (Å²) in [4.78, 5) is 11.5. The first-order valence-electron chi connectivity index (χ1n) is 4.48. The van der Waals surface area contributed by atoms with Crippen molar-refractivity contribution in [2.24, 2.45) is 11.8 Å². The van der Waals surface area contributed by atoms with Crippen LogP contribution in [0.25, 0.3) is 0 Å². The van der Waals surface area contributed by atoms with E-state index in [1.54, 1.807) is 0 Å². The van der Waals surface area contributed by atoms with Crippen molar-refractivity contribution in [2.75, 3.05) is 0 Å². The van der Waals surface area contributed by atoms with E-state index in [1.807, 2.05) is 13.8 Å². The van der Waals surface area contributed by atoms with Crippen LogP contribution in [-0.4, -0.2) is 23.8 Å². The smallest absolute Gasteiger partial charge is 0.167 e. The lowest BCUT2D eigenvalue weighted by molar-refractivity contribution is -0.160. The molecule has 2 saturated carbocycles. The first-order chi connectivity index (χ1) is 5.58. The molecule has 3 rings (SSSR count). The fourth-order valence-electron chi connectivity index (χ4n) is 2.44. The fourth-order valence-corrected chi connectivity index (χ4v) is 2.44. The van der Waals surface area contributed by atoms with Crippen molar-refractivity contribution in [1.82, 2.24) is 0 Å². The van der Waals surface area contributed by atoms with Crippen LogP contribution in [0.1, 0.15) is 20.3 Å². The third-order valence-electron chi connectivity index (χ3n) is 3.04. The Hall–Kier alpha value is -0.410. The number of hydrogen-bond donors (Lipinski definition) is 0. The summed E-state index contributed by atoms with van der Waals surface area (Å²) < 4.78 is 11.2. The minimum absolute atomic E-state index is 0.0671. The van der Waals surface area contributed by atoms with E-state index in [1.165, 1.54) is 0 Å². The van der Waals surface area contributed by atoms with Crippen molar-refractivity contribution in [3.8, 4) is 0 Å². The maximum atomic E-state index is 11.5. The van der Waals surface area contributed by atoms with Gasteiger partial charge in [0.2, 0.25) is 0 Å². The Kier molecular flexibility index (Phi) is 1.03. The van der Waals surface area contributed by atoms with Crippen molar-refractivity contribution >= 4 is 5.78 Å². The number of carbonyl (C=O) groups is 1. The lowest BCUT2D eigenvalue weighted by Gasteiger charge is -2.17. The monoisotopic (exact) mass is 168 g/mol. The van der Waals surface area contributed by atoms with E-state index < -0.39 is 5.79 Å². The molecule has 0 N–H and O–H groups in total. The molecular formula is C9H12O3. The highest BCUT2D eigenvalue weighted by Gasteiger charge is 2.65. The number of ketones is 1. The highest BCUT2D eigenvalue weighted by Crippen LogP contribution is 2.55. The summed E-state index contributed by atoms with van der Waals surface area (Å²) in [5.41, 5.74) is 0. The van der Waals surface area contributed by atoms with E-state index >= 15 is 0 Å². The summed E-state index contributed by atoms with van der Waals surface area (Å²) in [6.07, 6.45) is 0.848. The fraction of sp³-hybridized carbons (Fsp3) is 0.889. The molecule has 0 spiro atoms. The molecule has 1 aliphatic heterocycles. The molecule has 3 fully saturated rings. The van der Waals surface area contributed by atoms with E-state index in [0.717, 1.165) is 6.42 Å². The molecule has 3 aliphatic rings. The van der Waals surface area contributed by atoms with Gasteiger partial charge in [0, 0.05) is 5.92 Å². The number of rotatable bonds is 0. The van der Waals surface area contributed by atoms with Crippen molar-refractivity contribution in [3.63, 3.8) is 0 Å². The van der Waals surface area contributed by atoms with Gasteiger partial charge >= 0.3 is 0 Å². The molecule has 0 aromatic rings. The van der Waals surface area contributed by atoms with Gasteiger partial charge in [-0.15, -0.1) is 0 Å². The van der Waals surface area contributed by atoms with Gasteiger partial charge in [0.1, 0.15) is 6.10 Å². The summed E-state index contributed by atoms with van der Waals surface area (Å²) in [7, 11) is 0. The number of fused-ring (bicyclic) bond motifs is 3. The maximum Gasteiger partial charge on any atom is 0.167 e. The molecular weight excluding hydrogens is 156 g/mol.